The lowest BCUT2D eigenvalue weighted by atomic mass is 9.95. The van der Waals surface area contributed by atoms with Gasteiger partial charge in [0.25, 0.3) is 5.56 Å². The van der Waals surface area contributed by atoms with Crippen LogP contribution in [0.2, 0.25) is 0 Å². The van der Waals surface area contributed by atoms with Gasteiger partial charge in [-0.05, 0) is 49.7 Å². The lowest BCUT2D eigenvalue weighted by Gasteiger charge is -2.15. The number of aromatic nitrogens is 2. The van der Waals surface area contributed by atoms with Gasteiger partial charge in [-0.2, -0.15) is 0 Å². The topological polar surface area (TPSA) is 78.3 Å². The smallest absolute Gasteiger partial charge is 0.340 e. The summed E-state index contributed by atoms with van der Waals surface area (Å²) >= 11 is 0. The second-order valence-corrected chi connectivity index (χ2v) is 7.16. The summed E-state index contributed by atoms with van der Waals surface area (Å²) in [4.78, 5) is 42.3. The Morgan fingerprint density at radius 2 is 1.65 bits per heavy atom. The monoisotopic (exact) mass is 412 g/mol. The molecule has 0 N–H and O–H groups in total. The predicted molar refractivity (Wildman–Crippen MR) is 119 cm³/mol. The van der Waals surface area contributed by atoms with Crippen molar-refractivity contribution in [3.63, 3.8) is 0 Å². The molecule has 0 saturated heterocycles. The Labute approximate surface area is 178 Å². The van der Waals surface area contributed by atoms with Crippen LogP contribution < -0.4 is 5.56 Å². The van der Waals surface area contributed by atoms with Gasteiger partial charge in [0.15, 0.2) is 5.78 Å². The van der Waals surface area contributed by atoms with E-state index in [2.05, 4.69) is 4.98 Å². The van der Waals surface area contributed by atoms with Gasteiger partial charge < -0.3 is 4.74 Å². The summed E-state index contributed by atoms with van der Waals surface area (Å²) in [6.07, 6.45) is 1.65. The molecule has 0 radical (unpaired) electrons. The summed E-state index contributed by atoms with van der Waals surface area (Å²) in [5, 5.41) is 0.329. The fourth-order valence-corrected chi connectivity index (χ4v) is 3.70. The van der Waals surface area contributed by atoms with Gasteiger partial charge in [0.05, 0.1) is 29.3 Å². The molecule has 0 bridgehead atoms. The minimum atomic E-state index is -0.550. The van der Waals surface area contributed by atoms with Gasteiger partial charge in [-0.15, -0.1) is 0 Å². The van der Waals surface area contributed by atoms with E-state index in [1.165, 1.54) is 18.6 Å². The number of Topliss-reactive ketones (excluding diaryl/α,β-unsaturated/α-hetero) is 1. The molecule has 154 valence electrons. The molecule has 0 aliphatic rings. The molecule has 2 heterocycles. The van der Waals surface area contributed by atoms with Gasteiger partial charge in [0, 0.05) is 23.0 Å². The first-order valence-electron chi connectivity index (χ1n) is 9.73. The van der Waals surface area contributed by atoms with E-state index >= 15 is 0 Å². The molecule has 4 rings (SSSR count). The molecule has 0 saturated carbocycles. The number of pyridine rings is 2. The quantitative estimate of drug-likeness (QED) is 0.368. The minimum Gasteiger partial charge on any atom is -0.465 e. The van der Waals surface area contributed by atoms with E-state index < -0.39 is 5.97 Å². The van der Waals surface area contributed by atoms with Gasteiger partial charge in [-0.25, -0.2) is 4.79 Å². The van der Waals surface area contributed by atoms with Crippen LogP contribution in [0.3, 0.4) is 0 Å². The zero-order valence-corrected chi connectivity index (χ0v) is 17.4. The highest BCUT2D eigenvalue weighted by Crippen LogP contribution is 2.32. The standard InChI is InChI=1S/C25H20N2O4/c1-15-21(25(30)31-3)22(18-7-5-4-6-8-18)23-20(26-15)13-14-27(24(23)29)19-11-9-17(10-12-19)16(2)28/h4-14H,1-3H3. The van der Waals surface area contributed by atoms with Crippen molar-refractivity contribution in [3.8, 4) is 16.8 Å². The number of carbonyl (C=O) groups is 2. The van der Waals surface area contributed by atoms with Crippen LogP contribution in [-0.2, 0) is 4.74 Å². The number of hydrogen-bond donors (Lipinski definition) is 0. The van der Waals surface area contributed by atoms with Crippen LogP contribution in [0.25, 0.3) is 27.7 Å². The van der Waals surface area contributed by atoms with Crippen molar-refractivity contribution in [1.82, 2.24) is 9.55 Å². The van der Waals surface area contributed by atoms with Gasteiger partial charge >= 0.3 is 5.97 Å². The van der Waals surface area contributed by atoms with Crippen LogP contribution in [0.4, 0.5) is 0 Å². The van der Waals surface area contributed by atoms with E-state index in [-0.39, 0.29) is 16.9 Å². The molecule has 2 aromatic heterocycles. The first-order valence-corrected chi connectivity index (χ1v) is 9.73. The van der Waals surface area contributed by atoms with Crippen LogP contribution in [0.15, 0.2) is 71.7 Å². The molecule has 0 spiro atoms. The Morgan fingerprint density at radius 3 is 2.26 bits per heavy atom. The second-order valence-electron chi connectivity index (χ2n) is 7.16. The molecule has 0 unspecified atom stereocenters. The molecule has 6 nitrogen and oxygen atoms in total. The SMILES string of the molecule is COC(=O)c1c(C)nc2ccn(-c3ccc(C(C)=O)cc3)c(=O)c2c1-c1ccccc1. The van der Waals surface area contributed by atoms with Gasteiger partial charge in [-0.3, -0.25) is 19.1 Å². The molecule has 0 aliphatic carbocycles. The number of ketones is 1. The zero-order valence-electron chi connectivity index (χ0n) is 17.4. The number of methoxy groups -OCH3 is 1. The van der Waals surface area contributed by atoms with E-state index in [9.17, 15) is 14.4 Å². The highest BCUT2D eigenvalue weighted by molar-refractivity contribution is 6.07. The van der Waals surface area contributed by atoms with Crippen LogP contribution >= 0.6 is 0 Å². The molecule has 4 aromatic rings. The number of ether oxygens (including phenoxy) is 1. The van der Waals surface area contributed by atoms with Crippen molar-refractivity contribution in [2.75, 3.05) is 7.11 Å². The Kier molecular flexibility index (Phi) is 5.21. The largest absolute Gasteiger partial charge is 0.465 e. The number of esters is 1. The third kappa shape index (κ3) is 3.53. The predicted octanol–water partition coefficient (Wildman–Crippen LogP) is 4.35. The summed E-state index contributed by atoms with van der Waals surface area (Å²) < 4.78 is 6.48. The molecule has 2 aromatic carbocycles. The van der Waals surface area contributed by atoms with Crippen molar-refractivity contribution in [2.45, 2.75) is 13.8 Å². The van der Waals surface area contributed by atoms with Gasteiger partial charge in [-0.1, -0.05) is 30.3 Å². The molecular formula is C25H20N2O4. The molecule has 0 atom stereocenters. The Hall–Kier alpha value is -4.06. The lowest BCUT2D eigenvalue weighted by Crippen LogP contribution is -2.20. The normalized spacial score (nSPS) is 10.8. The number of hydrogen-bond acceptors (Lipinski definition) is 5. The summed E-state index contributed by atoms with van der Waals surface area (Å²) in [6, 6.07) is 17.8. The fourth-order valence-electron chi connectivity index (χ4n) is 3.70. The first-order chi connectivity index (χ1) is 14.9. The molecule has 0 aliphatic heterocycles. The average Bonchev–Trinajstić information content (AvgIpc) is 2.78. The van der Waals surface area contributed by atoms with Crippen molar-refractivity contribution in [2.24, 2.45) is 0 Å². The maximum absolute atomic E-state index is 13.6. The third-order valence-electron chi connectivity index (χ3n) is 5.22. The Morgan fingerprint density at radius 1 is 0.968 bits per heavy atom. The average molecular weight is 412 g/mol. The van der Waals surface area contributed by atoms with Crippen molar-refractivity contribution in [3.05, 3.63) is 94.0 Å². The first kappa shape index (κ1) is 20.2. The maximum atomic E-state index is 13.6. The molecule has 31 heavy (non-hydrogen) atoms. The number of carbonyl (C=O) groups excluding carboxylic acids is 2. The fraction of sp³-hybridized carbons (Fsp3) is 0.120. The lowest BCUT2D eigenvalue weighted by molar-refractivity contribution is 0.0600. The molecular weight excluding hydrogens is 392 g/mol. The van der Waals surface area contributed by atoms with Crippen molar-refractivity contribution >= 4 is 22.7 Å². The number of fused-ring (bicyclic) bond motifs is 1. The summed E-state index contributed by atoms with van der Waals surface area (Å²) in [6.45, 7) is 3.22. The molecule has 0 fully saturated rings. The summed E-state index contributed by atoms with van der Waals surface area (Å²) in [5.41, 5.74) is 3.32. The van der Waals surface area contributed by atoms with E-state index in [0.717, 1.165) is 5.56 Å². The van der Waals surface area contributed by atoms with Crippen molar-refractivity contribution < 1.29 is 14.3 Å². The van der Waals surface area contributed by atoms with Crippen molar-refractivity contribution in [1.29, 1.82) is 0 Å². The highest BCUT2D eigenvalue weighted by atomic mass is 16.5. The number of nitrogens with zero attached hydrogens (tertiary/aromatic N) is 2. The zero-order chi connectivity index (χ0) is 22.1. The summed E-state index contributed by atoms with van der Waals surface area (Å²) in [7, 11) is 1.31. The van der Waals surface area contributed by atoms with Gasteiger partial charge in [0.1, 0.15) is 0 Å². The van der Waals surface area contributed by atoms with Crippen LogP contribution in [0.5, 0.6) is 0 Å². The van der Waals surface area contributed by atoms with E-state index in [1.54, 1.807) is 43.5 Å². The molecule has 0 amide bonds. The second kappa shape index (κ2) is 7.99. The highest BCUT2D eigenvalue weighted by Gasteiger charge is 2.23. The van der Waals surface area contributed by atoms with Crippen LogP contribution in [-0.4, -0.2) is 28.4 Å². The van der Waals surface area contributed by atoms with Crippen LogP contribution in [0, 0.1) is 6.92 Å². The minimum absolute atomic E-state index is 0.0498. The number of rotatable bonds is 4. The third-order valence-corrected chi connectivity index (χ3v) is 5.22. The Bertz CT molecular complexity index is 1370. The van der Waals surface area contributed by atoms with E-state index in [4.69, 9.17) is 4.74 Å². The summed E-state index contributed by atoms with van der Waals surface area (Å²) in [5.74, 6) is -0.600. The Balaban J connectivity index is 2.08. The number of aryl methyl sites for hydroxylation is 1. The molecule has 6 heteroatoms. The van der Waals surface area contributed by atoms with Gasteiger partial charge in [0.2, 0.25) is 0 Å². The maximum Gasteiger partial charge on any atom is 0.340 e. The number of benzene rings is 2. The van der Waals surface area contributed by atoms with E-state index in [0.29, 0.717) is 33.4 Å². The van der Waals surface area contributed by atoms with Crippen LogP contribution in [0.1, 0.15) is 33.3 Å². The van der Waals surface area contributed by atoms with E-state index in [1.807, 2.05) is 30.3 Å².